The van der Waals surface area contributed by atoms with Gasteiger partial charge in [0.05, 0.1) is 12.5 Å². The molecule has 1 aromatic carbocycles. The summed E-state index contributed by atoms with van der Waals surface area (Å²) < 4.78 is 0. The van der Waals surface area contributed by atoms with Crippen LogP contribution in [0.2, 0.25) is 0 Å². The molecule has 4 amide bonds. The largest absolute Gasteiger partial charge is 0.508 e. The summed E-state index contributed by atoms with van der Waals surface area (Å²) in [7, 11) is 0. The number of carbonyl (C=O) groups excluding carboxylic acids is 4. The zero-order chi connectivity index (χ0) is 28.1. The van der Waals surface area contributed by atoms with Crippen LogP contribution in [0.1, 0.15) is 38.7 Å². The van der Waals surface area contributed by atoms with Gasteiger partial charge in [0.25, 0.3) is 0 Å². The number of benzene rings is 1. The monoisotopic (exact) mass is 539 g/mol. The van der Waals surface area contributed by atoms with Gasteiger partial charge in [0.2, 0.25) is 23.6 Å². The SMILES string of the molecule is CSCCC(NC(=O)C(CC(C)C)NC(=O)C(N)Cc1ccc(O)cc1)C(=O)NC(CC(N)=O)C(=O)O. The van der Waals surface area contributed by atoms with Crippen molar-refractivity contribution in [3.63, 3.8) is 0 Å². The minimum atomic E-state index is -1.54. The molecule has 0 bridgehead atoms. The van der Waals surface area contributed by atoms with Crippen molar-refractivity contribution in [1.82, 2.24) is 16.0 Å². The molecule has 0 aliphatic heterocycles. The number of hydrogen-bond donors (Lipinski definition) is 7. The van der Waals surface area contributed by atoms with Crippen molar-refractivity contribution < 1.29 is 34.2 Å². The molecule has 206 valence electrons. The third-order valence-electron chi connectivity index (χ3n) is 5.33. The van der Waals surface area contributed by atoms with E-state index >= 15 is 0 Å². The van der Waals surface area contributed by atoms with E-state index in [2.05, 4.69) is 16.0 Å². The molecule has 37 heavy (non-hydrogen) atoms. The number of primary amides is 1. The second kappa shape index (κ2) is 15.7. The predicted octanol–water partition coefficient (Wildman–Crippen LogP) is -0.524. The molecule has 1 aromatic rings. The fraction of sp³-hybridized carbons (Fsp3) is 0.542. The molecule has 0 saturated carbocycles. The zero-order valence-electron chi connectivity index (χ0n) is 21.2. The molecular formula is C24H37N5O7S. The third kappa shape index (κ3) is 12.0. The molecule has 12 nitrogen and oxygen atoms in total. The smallest absolute Gasteiger partial charge is 0.326 e. The summed E-state index contributed by atoms with van der Waals surface area (Å²) in [5, 5.41) is 26.2. The summed E-state index contributed by atoms with van der Waals surface area (Å²) in [6.07, 6.45) is 1.83. The molecule has 0 saturated heterocycles. The highest BCUT2D eigenvalue weighted by Gasteiger charge is 2.31. The maximum atomic E-state index is 13.1. The number of nitrogens with one attached hydrogen (secondary N) is 3. The van der Waals surface area contributed by atoms with Gasteiger partial charge >= 0.3 is 5.97 Å². The Morgan fingerprint density at radius 1 is 0.919 bits per heavy atom. The molecule has 13 heteroatoms. The maximum Gasteiger partial charge on any atom is 0.326 e. The van der Waals surface area contributed by atoms with Crippen molar-refractivity contribution in [3.05, 3.63) is 29.8 Å². The van der Waals surface area contributed by atoms with Gasteiger partial charge in [0, 0.05) is 0 Å². The Hall–Kier alpha value is -3.32. The predicted molar refractivity (Wildman–Crippen MR) is 139 cm³/mol. The van der Waals surface area contributed by atoms with Gasteiger partial charge < -0.3 is 37.6 Å². The zero-order valence-corrected chi connectivity index (χ0v) is 22.0. The lowest BCUT2D eigenvalue weighted by Crippen LogP contribution is -2.57. The molecule has 4 atom stereocenters. The van der Waals surface area contributed by atoms with Crippen molar-refractivity contribution in [2.75, 3.05) is 12.0 Å². The molecule has 1 rings (SSSR count). The Balaban J connectivity index is 2.95. The van der Waals surface area contributed by atoms with E-state index in [0.717, 1.165) is 5.56 Å². The highest BCUT2D eigenvalue weighted by molar-refractivity contribution is 7.98. The maximum absolute atomic E-state index is 13.1. The lowest BCUT2D eigenvalue weighted by Gasteiger charge is -2.26. The summed E-state index contributed by atoms with van der Waals surface area (Å²) in [6.45, 7) is 3.73. The summed E-state index contributed by atoms with van der Waals surface area (Å²) >= 11 is 1.42. The molecule has 4 unspecified atom stereocenters. The Kier molecular flexibility index (Phi) is 13.5. The third-order valence-corrected chi connectivity index (χ3v) is 5.98. The fourth-order valence-corrected chi connectivity index (χ4v) is 3.88. The second-order valence-corrected chi connectivity index (χ2v) is 10.1. The van der Waals surface area contributed by atoms with Gasteiger partial charge in [-0.1, -0.05) is 26.0 Å². The van der Waals surface area contributed by atoms with Crippen molar-refractivity contribution >= 4 is 41.4 Å². The van der Waals surface area contributed by atoms with Crippen LogP contribution >= 0.6 is 11.8 Å². The number of thioether (sulfide) groups is 1. The lowest BCUT2D eigenvalue weighted by atomic mass is 10.0. The standard InChI is InChI=1S/C24H37N5O7S/c1-13(2)10-18(28-21(32)16(25)11-14-4-6-15(30)7-5-14)23(34)27-17(8-9-37-3)22(33)29-19(24(35)36)12-20(26)31/h4-7,13,16-19,30H,8-12,25H2,1-3H3,(H2,26,31)(H,27,34)(H,28,32)(H,29,33)(H,35,36). The van der Waals surface area contributed by atoms with Crippen LogP contribution in [0, 0.1) is 5.92 Å². The van der Waals surface area contributed by atoms with E-state index in [1.807, 2.05) is 13.8 Å². The van der Waals surface area contributed by atoms with Crippen LogP contribution in [0.15, 0.2) is 24.3 Å². The van der Waals surface area contributed by atoms with E-state index in [9.17, 15) is 34.2 Å². The highest BCUT2D eigenvalue weighted by Crippen LogP contribution is 2.12. The molecule has 0 heterocycles. The Bertz CT molecular complexity index is 942. The molecule has 0 aliphatic carbocycles. The van der Waals surface area contributed by atoms with Gasteiger partial charge in [-0.25, -0.2) is 4.79 Å². The highest BCUT2D eigenvalue weighted by atomic mass is 32.2. The minimum Gasteiger partial charge on any atom is -0.508 e. The van der Waals surface area contributed by atoms with Crippen molar-refractivity contribution in [2.45, 2.75) is 63.7 Å². The quantitative estimate of drug-likeness (QED) is 0.144. The van der Waals surface area contributed by atoms with Crippen LogP contribution in [0.3, 0.4) is 0 Å². The van der Waals surface area contributed by atoms with Crippen LogP contribution in [0.5, 0.6) is 5.75 Å². The van der Waals surface area contributed by atoms with Crippen molar-refractivity contribution in [2.24, 2.45) is 17.4 Å². The normalized spacial score (nSPS) is 14.2. The number of carboxylic acids is 1. The van der Waals surface area contributed by atoms with E-state index in [1.165, 1.54) is 23.9 Å². The van der Waals surface area contributed by atoms with E-state index in [4.69, 9.17) is 11.5 Å². The van der Waals surface area contributed by atoms with Crippen molar-refractivity contribution in [3.8, 4) is 5.75 Å². The Morgan fingerprint density at radius 3 is 1.97 bits per heavy atom. The topological polar surface area (TPSA) is 214 Å². The number of phenolic OH excluding ortho intramolecular Hbond substituents is 1. The van der Waals surface area contributed by atoms with E-state index in [0.29, 0.717) is 5.75 Å². The number of nitrogens with two attached hydrogens (primary N) is 2. The Labute approximate surface area is 220 Å². The number of hydrogen-bond acceptors (Lipinski definition) is 8. The summed E-state index contributed by atoms with van der Waals surface area (Å²) in [4.78, 5) is 61.3. The van der Waals surface area contributed by atoms with Crippen LogP contribution in [-0.4, -0.2) is 76.0 Å². The molecule has 0 aromatic heterocycles. The van der Waals surface area contributed by atoms with E-state index in [-0.39, 0.29) is 30.9 Å². The average molecular weight is 540 g/mol. The fourth-order valence-electron chi connectivity index (χ4n) is 3.41. The number of carbonyl (C=O) groups is 5. The molecule has 0 fully saturated rings. The van der Waals surface area contributed by atoms with E-state index in [1.54, 1.807) is 18.4 Å². The second-order valence-electron chi connectivity index (χ2n) is 9.08. The number of carboxylic acid groups (broad SMARTS) is 1. The average Bonchev–Trinajstić information content (AvgIpc) is 2.81. The van der Waals surface area contributed by atoms with Gasteiger partial charge in [-0.3, -0.25) is 19.2 Å². The van der Waals surface area contributed by atoms with Crippen molar-refractivity contribution in [1.29, 1.82) is 0 Å². The number of aromatic hydroxyl groups is 1. The molecular weight excluding hydrogens is 502 g/mol. The Morgan fingerprint density at radius 2 is 1.46 bits per heavy atom. The number of amides is 4. The summed E-state index contributed by atoms with van der Waals surface area (Å²) in [5.74, 6) is -3.74. The molecule has 0 spiro atoms. The number of aliphatic carboxylic acids is 1. The molecule has 9 N–H and O–H groups in total. The van der Waals surface area contributed by atoms with E-state index < -0.39 is 60.2 Å². The van der Waals surface area contributed by atoms with Gasteiger partial charge in [0.1, 0.15) is 23.9 Å². The minimum absolute atomic E-state index is 0.00908. The van der Waals surface area contributed by atoms with Crippen LogP contribution in [0.4, 0.5) is 0 Å². The number of rotatable bonds is 16. The first-order chi connectivity index (χ1) is 17.3. The summed E-state index contributed by atoms with van der Waals surface area (Å²) in [5.41, 5.74) is 11.8. The van der Waals surface area contributed by atoms with Crippen LogP contribution in [0.25, 0.3) is 0 Å². The first-order valence-electron chi connectivity index (χ1n) is 11.8. The van der Waals surface area contributed by atoms with Gasteiger partial charge in [-0.2, -0.15) is 11.8 Å². The van der Waals surface area contributed by atoms with Gasteiger partial charge in [-0.15, -0.1) is 0 Å². The van der Waals surface area contributed by atoms with Crippen LogP contribution < -0.4 is 27.4 Å². The molecule has 0 aliphatic rings. The summed E-state index contributed by atoms with van der Waals surface area (Å²) in [6, 6.07) is 1.63. The first-order valence-corrected chi connectivity index (χ1v) is 13.2. The van der Waals surface area contributed by atoms with Gasteiger partial charge in [-0.05, 0) is 54.9 Å². The van der Waals surface area contributed by atoms with Gasteiger partial charge in [0.15, 0.2) is 0 Å². The first kappa shape index (κ1) is 31.7. The molecule has 0 radical (unpaired) electrons. The lowest BCUT2D eigenvalue weighted by molar-refractivity contribution is -0.143. The van der Waals surface area contributed by atoms with Crippen LogP contribution in [-0.2, 0) is 30.4 Å². The number of phenols is 1.